The number of rotatable bonds is 45. The minimum Gasteiger partial charge on any atom is -0.491 e. The van der Waals surface area contributed by atoms with E-state index in [1.54, 1.807) is 0 Å². The van der Waals surface area contributed by atoms with E-state index in [9.17, 15) is 0 Å². The van der Waals surface area contributed by atoms with Gasteiger partial charge in [0.25, 0.3) is 0 Å². The Kier molecular flexibility index (Phi) is 32.1. The van der Waals surface area contributed by atoms with Gasteiger partial charge in [-0.2, -0.15) is 0 Å². The second-order valence-corrected chi connectivity index (χ2v) is 28.2. The molecule has 0 saturated heterocycles. The third-order valence-corrected chi connectivity index (χ3v) is 20.4. The second-order valence-electron chi connectivity index (χ2n) is 28.2. The quantitative estimate of drug-likeness (QED) is 0.0223. The Hall–Kier alpha value is -11.1. The first kappa shape index (κ1) is 82.4. The predicted octanol–water partition coefficient (Wildman–Crippen LogP) is 20.2. The minimum absolute atomic E-state index is 0.340. The highest BCUT2D eigenvalue weighted by Crippen LogP contribution is 2.49. The molecule has 0 spiro atoms. The lowest BCUT2D eigenvalue weighted by atomic mass is 9.64. The molecule has 12 heteroatoms. The standard InChI is InChI=1S/C102H107NO11/c1-79-75-94(101(88-30-11-5-12-31-88,89-32-13-6-14-33-89)90-34-15-7-16-35-90)76-80(2)99(79)113-72-70-110-68-67-109-69-71-111-98-54-48-87(49-55-98)85-29-25-28-84(44-45-85)86-46-50-96(51-47-86)103-56-23-24-57-104-59-61-106-63-65-108-66-64-107-62-60-105-58-26-27-83-42-52-97(53-43-83)112-73-74-114-100-81(3)77-95(78-82(100)4)102(91-36-17-8-18-37-91,92-38-19-9-20-39-92)93-40-21-10-22-41-93/h5-22,25,28,30-55,75-78,103H,26-27,29,56-74H2,1-4H3. The summed E-state index contributed by atoms with van der Waals surface area (Å²) in [6.07, 6.45) is 11.5. The number of anilines is 1. The van der Waals surface area contributed by atoms with Crippen molar-refractivity contribution < 1.29 is 52.1 Å². The zero-order valence-corrected chi connectivity index (χ0v) is 66.4. The lowest BCUT2D eigenvalue weighted by Gasteiger charge is -2.37. The maximum Gasteiger partial charge on any atom is 0.125 e. The van der Waals surface area contributed by atoms with Crippen molar-refractivity contribution in [2.24, 2.45) is 0 Å². The van der Waals surface area contributed by atoms with Gasteiger partial charge in [-0.3, -0.25) is 0 Å². The van der Waals surface area contributed by atoms with Crippen LogP contribution in [-0.4, -0.2) is 125 Å². The van der Waals surface area contributed by atoms with Crippen LogP contribution in [-0.2, 0) is 50.4 Å². The van der Waals surface area contributed by atoms with Crippen LogP contribution in [0.2, 0.25) is 0 Å². The first-order valence-electron chi connectivity index (χ1n) is 40.0. The Morgan fingerprint density at radius 1 is 0.316 bits per heavy atom. The van der Waals surface area contributed by atoms with Crippen molar-refractivity contribution in [3.8, 4) is 34.8 Å². The van der Waals surface area contributed by atoms with Crippen LogP contribution in [0.5, 0.6) is 23.0 Å². The fourth-order valence-corrected chi connectivity index (χ4v) is 14.9. The van der Waals surface area contributed by atoms with Crippen molar-refractivity contribution in [1.82, 2.24) is 0 Å². The van der Waals surface area contributed by atoms with Crippen LogP contribution in [0.4, 0.5) is 5.69 Å². The van der Waals surface area contributed by atoms with Crippen LogP contribution in [0.15, 0.2) is 303 Å². The highest BCUT2D eigenvalue weighted by atomic mass is 16.6. The van der Waals surface area contributed by atoms with Crippen molar-refractivity contribution in [2.45, 2.75) is 57.8 Å². The summed E-state index contributed by atoms with van der Waals surface area (Å²) in [6.45, 7) is 17.6. The monoisotopic (exact) mass is 1520 g/mol. The number of nitrogens with one attached hydrogen (secondary N) is 1. The van der Waals surface area contributed by atoms with Gasteiger partial charge in [0.1, 0.15) is 56.0 Å². The van der Waals surface area contributed by atoms with Crippen molar-refractivity contribution in [3.63, 3.8) is 0 Å². The lowest BCUT2D eigenvalue weighted by Crippen LogP contribution is -2.31. The molecule has 0 amide bonds. The van der Waals surface area contributed by atoms with E-state index < -0.39 is 10.8 Å². The predicted molar refractivity (Wildman–Crippen MR) is 460 cm³/mol. The molecule has 12 rings (SSSR count). The summed E-state index contributed by atoms with van der Waals surface area (Å²) in [6, 6.07) is 98.9. The fraction of sp³-hybridized carbons (Fsp3) is 0.275. The Bertz CT molecular complexity index is 4590. The molecule has 11 aromatic rings. The number of ether oxygens (including phenoxy) is 11. The van der Waals surface area contributed by atoms with E-state index in [0.29, 0.717) is 125 Å². The van der Waals surface area contributed by atoms with Gasteiger partial charge in [-0.1, -0.05) is 279 Å². The molecular formula is C102H107NO11. The van der Waals surface area contributed by atoms with Gasteiger partial charge in [0.15, 0.2) is 0 Å². The van der Waals surface area contributed by atoms with Crippen LogP contribution < -0.4 is 24.3 Å². The van der Waals surface area contributed by atoms with Gasteiger partial charge >= 0.3 is 0 Å². The molecule has 0 aliphatic heterocycles. The maximum atomic E-state index is 6.42. The average Bonchev–Trinajstić information content (AvgIpc) is 0.760. The van der Waals surface area contributed by atoms with E-state index in [2.05, 4.69) is 324 Å². The molecule has 1 aliphatic carbocycles. The Labute approximate surface area is 675 Å². The van der Waals surface area contributed by atoms with Gasteiger partial charge in [0.05, 0.1) is 96.7 Å². The molecule has 12 nitrogen and oxygen atoms in total. The molecule has 0 unspecified atom stereocenters. The maximum absolute atomic E-state index is 6.42. The highest BCUT2D eigenvalue weighted by molar-refractivity contribution is 5.81. The molecule has 0 aromatic heterocycles. The summed E-state index contributed by atoms with van der Waals surface area (Å²) in [4.78, 5) is 0. The highest BCUT2D eigenvalue weighted by Gasteiger charge is 2.40. The molecular weight excluding hydrogens is 1420 g/mol. The molecule has 0 atom stereocenters. The summed E-state index contributed by atoms with van der Waals surface area (Å²) >= 11 is 0. The van der Waals surface area contributed by atoms with Crippen LogP contribution in [0.1, 0.15) is 96.3 Å². The zero-order valence-electron chi connectivity index (χ0n) is 66.4. The number of hydrogen-bond donors (Lipinski definition) is 1. The molecule has 114 heavy (non-hydrogen) atoms. The summed E-state index contributed by atoms with van der Waals surface area (Å²) in [5.74, 6) is 9.63. The number of aryl methyl sites for hydroxylation is 5. The van der Waals surface area contributed by atoms with Crippen LogP contribution >= 0.6 is 0 Å². The summed E-state index contributed by atoms with van der Waals surface area (Å²) in [5.41, 5.74) is 19.9. The van der Waals surface area contributed by atoms with Gasteiger partial charge in [-0.25, -0.2) is 0 Å². The van der Waals surface area contributed by atoms with E-state index >= 15 is 0 Å². The third-order valence-electron chi connectivity index (χ3n) is 20.4. The van der Waals surface area contributed by atoms with E-state index in [1.807, 2.05) is 24.3 Å². The van der Waals surface area contributed by atoms with E-state index in [1.165, 1.54) is 55.6 Å². The van der Waals surface area contributed by atoms with Crippen LogP contribution in [0, 0.1) is 39.5 Å². The second kappa shape index (κ2) is 44.4. The zero-order chi connectivity index (χ0) is 78.5. The molecule has 586 valence electrons. The molecule has 0 bridgehead atoms. The summed E-state index contributed by atoms with van der Waals surface area (Å²) < 4.78 is 65.2. The molecule has 1 N–H and O–H groups in total. The average molecular weight is 1520 g/mol. The molecule has 0 heterocycles. The van der Waals surface area contributed by atoms with Crippen LogP contribution in [0.3, 0.4) is 0 Å². The van der Waals surface area contributed by atoms with Crippen molar-refractivity contribution in [3.05, 3.63) is 387 Å². The van der Waals surface area contributed by atoms with Crippen molar-refractivity contribution in [2.75, 3.05) is 131 Å². The van der Waals surface area contributed by atoms with Gasteiger partial charge in [-0.15, -0.1) is 0 Å². The lowest BCUT2D eigenvalue weighted by molar-refractivity contribution is -0.00925. The topological polar surface area (TPSA) is 114 Å². The number of hydrogen-bond acceptors (Lipinski definition) is 12. The fourth-order valence-electron chi connectivity index (χ4n) is 14.9. The van der Waals surface area contributed by atoms with E-state index in [0.717, 1.165) is 86.9 Å². The molecule has 1 aliphatic rings. The summed E-state index contributed by atoms with van der Waals surface area (Å²) in [7, 11) is 0. The largest absolute Gasteiger partial charge is 0.491 e. The number of allylic oxidation sites excluding steroid dienone is 6. The Morgan fingerprint density at radius 3 is 1.07 bits per heavy atom. The normalized spacial score (nSPS) is 12.1. The van der Waals surface area contributed by atoms with E-state index in [-0.39, 0.29) is 0 Å². The molecule has 0 fully saturated rings. The molecule has 11 aromatic carbocycles. The molecule has 0 radical (unpaired) electrons. The summed E-state index contributed by atoms with van der Waals surface area (Å²) in [5, 5.41) is 3.39. The minimum atomic E-state index is -0.515. The third kappa shape index (κ3) is 22.9. The van der Waals surface area contributed by atoms with Gasteiger partial charge < -0.3 is 57.4 Å². The number of benzene rings is 11. The van der Waals surface area contributed by atoms with Crippen molar-refractivity contribution >= 4 is 16.8 Å². The first-order chi connectivity index (χ1) is 56.3. The van der Waals surface area contributed by atoms with Crippen LogP contribution in [0.25, 0.3) is 11.1 Å². The SMILES string of the molecule is Cc1cc(C(c2ccccc2)(c2ccccc2)c2ccccc2)cc(C)c1OCCOCCOCCOc1ccc(C2=CC=C(c3ccc(NCC#CCOCCOCCOCCOCCOCCCc4ccc(OCCOc5c(C)cc(C(c6ccccc6)(c6ccccc6)c6ccccc6)cc5C)cc4)cc3)C=CC2)cc1. The van der Waals surface area contributed by atoms with Gasteiger partial charge in [-0.05, 0) is 178 Å². The van der Waals surface area contributed by atoms with Gasteiger partial charge in [0.2, 0.25) is 0 Å². The Morgan fingerprint density at radius 2 is 0.658 bits per heavy atom. The van der Waals surface area contributed by atoms with Crippen molar-refractivity contribution in [1.29, 1.82) is 0 Å². The Balaban J connectivity index is 0.445. The van der Waals surface area contributed by atoms with E-state index in [4.69, 9.17) is 52.1 Å². The van der Waals surface area contributed by atoms with Gasteiger partial charge in [0, 0.05) is 12.3 Å². The molecule has 0 saturated carbocycles. The first-order valence-corrected chi connectivity index (χ1v) is 40.0. The smallest absolute Gasteiger partial charge is 0.125 e.